The Kier molecular flexibility index (Phi) is 6.20. The maximum absolute atomic E-state index is 11.7. The molecular weight excluding hydrogens is 432 g/mol. The van der Waals surface area contributed by atoms with Crippen LogP contribution < -0.4 is 0 Å². The second kappa shape index (κ2) is 6.67. The van der Waals surface area contributed by atoms with Gasteiger partial charge >= 0.3 is 111 Å². The Morgan fingerprint density at radius 2 is 2.25 bits per heavy atom. The SMILES string of the molecule is C/C=C\C(=C\CI(OC)I1C[N+]1(C)[O-])CC. The van der Waals surface area contributed by atoms with E-state index < -0.39 is 32.4 Å². The first-order valence-electron chi connectivity index (χ1n) is 5.31. The average Bonchev–Trinajstić information content (AvgIpc) is 2.87. The summed E-state index contributed by atoms with van der Waals surface area (Å²) in [6.07, 6.45) is 7.59. The molecule has 1 unspecified atom stereocenters. The van der Waals surface area contributed by atoms with E-state index in [1.807, 2.05) is 14.0 Å². The van der Waals surface area contributed by atoms with Crippen LogP contribution in [0.25, 0.3) is 0 Å². The van der Waals surface area contributed by atoms with Crippen LogP contribution in [0.2, 0.25) is 0 Å². The molecule has 1 heterocycles. The van der Waals surface area contributed by atoms with Crippen molar-refractivity contribution in [1.29, 1.82) is 0 Å². The summed E-state index contributed by atoms with van der Waals surface area (Å²) < 4.78 is 7.69. The second-order valence-electron chi connectivity index (χ2n) is 3.60. The Balaban J connectivity index is 2.51. The molecule has 1 aliphatic heterocycles. The van der Waals surface area contributed by atoms with E-state index in [-0.39, 0.29) is 2.86 Å². The molecule has 0 saturated carbocycles. The summed E-state index contributed by atoms with van der Waals surface area (Å²) in [6, 6.07) is 0. The minimum absolute atomic E-state index is 0.0848. The van der Waals surface area contributed by atoms with Crippen LogP contribution in [0.15, 0.2) is 23.8 Å². The fourth-order valence-electron chi connectivity index (χ4n) is 1.26. The molecular formula is C11H21I2NO2. The van der Waals surface area contributed by atoms with Gasteiger partial charge in [-0.05, 0) is 0 Å². The number of hydrogen-bond donors (Lipinski definition) is 0. The summed E-state index contributed by atoms with van der Waals surface area (Å²) in [5.74, 6) is 0. The molecule has 0 spiro atoms. The van der Waals surface area contributed by atoms with Gasteiger partial charge in [-0.1, -0.05) is 0 Å². The van der Waals surface area contributed by atoms with Gasteiger partial charge in [0.1, 0.15) is 0 Å². The second-order valence-corrected chi connectivity index (χ2v) is 23.7. The zero-order valence-electron chi connectivity index (χ0n) is 10.4. The third kappa shape index (κ3) is 4.25. The van der Waals surface area contributed by atoms with Crippen LogP contribution in [0.4, 0.5) is 0 Å². The number of quaternary nitrogens is 1. The Morgan fingerprint density at radius 1 is 1.62 bits per heavy atom. The first-order chi connectivity index (χ1) is 7.55. The normalized spacial score (nSPS) is 28.7. The third-order valence-electron chi connectivity index (χ3n) is 2.24. The van der Waals surface area contributed by atoms with Gasteiger partial charge in [-0.2, -0.15) is 0 Å². The van der Waals surface area contributed by atoms with E-state index in [0.29, 0.717) is 0 Å². The van der Waals surface area contributed by atoms with Gasteiger partial charge in [-0.25, -0.2) is 0 Å². The molecule has 1 atom stereocenters. The summed E-state index contributed by atoms with van der Waals surface area (Å²) in [4.78, 5) is 0. The molecule has 0 aliphatic carbocycles. The molecule has 0 radical (unpaired) electrons. The van der Waals surface area contributed by atoms with Gasteiger partial charge in [0, 0.05) is 0 Å². The van der Waals surface area contributed by atoms with E-state index in [4.69, 9.17) is 3.07 Å². The van der Waals surface area contributed by atoms with E-state index in [2.05, 4.69) is 25.2 Å². The Hall–Kier alpha value is 0.820. The standard InChI is InChI=1S/C11H21I2NO2/c1-5-7-11(6-2)8-9-13(16-4)12-10-14(12,3)15/h5,7-8H,6,9-10H2,1-4H3/b7-5-,11-8+. The number of alkyl halides is 2. The fraction of sp³-hybridized carbons (Fsp3) is 0.636. The quantitative estimate of drug-likeness (QED) is 0.115. The van der Waals surface area contributed by atoms with Crippen LogP contribution in [-0.4, -0.2) is 26.0 Å². The van der Waals surface area contributed by atoms with Gasteiger partial charge in [0.25, 0.3) is 0 Å². The molecule has 1 fully saturated rings. The van der Waals surface area contributed by atoms with Crippen LogP contribution in [0.3, 0.4) is 0 Å². The molecule has 3 nitrogen and oxygen atoms in total. The van der Waals surface area contributed by atoms with Crippen molar-refractivity contribution in [2.24, 2.45) is 0 Å². The van der Waals surface area contributed by atoms with Crippen molar-refractivity contribution >= 4 is 32.4 Å². The molecule has 0 bridgehead atoms. The van der Waals surface area contributed by atoms with E-state index in [0.717, 1.165) is 15.4 Å². The fourth-order valence-corrected chi connectivity index (χ4v) is 26.8. The molecule has 1 saturated heterocycles. The number of hydrogen-bond acceptors (Lipinski definition) is 2. The monoisotopic (exact) mass is 453 g/mol. The van der Waals surface area contributed by atoms with E-state index in [9.17, 15) is 5.21 Å². The van der Waals surface area contributed by atoms with Gasteiger partial charge in [0.15, 0.2) is 0 Å². The molecule has 0 N–H and O–H groups in total. The van der Waals surface area contributed by atoms with Crippen LogP contribution in [-0.2, 0) is 3.07 Å². The molecule has 1 aliphatic rings. The molecule has 0 amide bonds. The Bertz CT molecular complexity index is 290. The van der Waals surface area contributed by atoms with Crippen LogP contribution in [0.1, 0.15) is 20.3 Å². The molecule has 0 aromatic heterocycles. The summed E-state index contributed by atoms with van der Waals surface area (Å²) in [5.41, 5.74) is 1.37. The van der Waals surface area contributed by atoms with Gasteiger partial charge in [0.2, 0.25) is 0 Å². The molecule has 0 aromatic carbocycles. The van der Waals surface area contributed by atoms with Crippen molar-refractivity contribution in [2.75, 3.05) is 23.1 Å². The maximum atomic E-state index is 11.7. The molecule has 0 aromatic rings. The van der Waals surface area contributed by atoms with Gasteiger partial charge in [-0.3, -0.25) is 0 Å². The van der Waals surface area contributed by atoms with Crippen LogP contribution in [0, 0.1) is 5.21 Å². The van der Waals surface area contributed by atoms with E-state index in [1.54, 1.807) is 7.11 Å². The van der Waals surface area contributed by atoms with Crippen molar-refractivity contribution in [3.8, 4) is 0 Å². The molecule has 96 valence electrons. The van der Waals surface area contributed by atoms with Gasteiger partial charge in [0.05, 0.1) is 0 Å². The molecule has 1 rings (SSSR count). The summed E-state index contributed by atoms with van der Waals surface area (Å²) >= 11 is -2.63. The van der Waals surface area contributed by atoms with E-state index >= 15 is 0 Å². The first-order valence-corrected chi connectivity index (χ1v) is 16.5. The number of halogens is 2. The van der Waals surface area contributed by atoms with Crippen molar-refractivity contribution in [1.82, 2.24) is 0 Å². The van der Waals surface area contributed by atoms with Gasteiger partial charge in [-0.15, -0.1) is 0 Å². The predicted molar refractivity (Wildman–Crippen MR) is 87.5 cm³/mol. The Morgan fingerprint density at radius 3 is 2.62 bits per heavy atom. The zero-order valence-corrected chi connectivity index (χ0v) is 14.7. The number of hydroxylamine groups is 2. The molecule has 16 heavy (non-hydrogen) atoms. The summed E-state index contributed by atoms with van der Waals surface area (Å²) in [6.45, 7) is 4.21. The first kappa shape index (κ1) is 14.9. The van der Waals surface area contributed by atoms with Crippen molar-refractivity contribution < 1.29 is 5.93 Å². The topological polar surface area (TPSA) is 32.3 Å². The van der Waals surface area contributed by atoms with Gasteiger partial charge < -0.3 is 0 Å². The summed E-state index contributed by atoms with van der Waals surface area (Å²) in [7, 11) is 3.63. The van der Waals surface area contributed by atoms with Crippen LogP contribution in [0.5, 0.6) is 0 Å². The predicted octanol–water partition coefficient (Wildman–Crippen LogP) is 4.22. The van der Waals surface area contributed by atoms with Crippen LogP contribution >= 0.6 is 32.4 Å². The Labute approximate surface area is 110 Å². The average molecular weight is 453 g/mol. The zero-order chi connectivity index (χ0) is 12.2. The molecule has 5 heteroatoms. The van der Waals surface area contributed by atoms with Crippen molar-refractivity contribution in [3.63, 3.8) is 0 Å². The van der Waals surface area contributed by atoms with Crippen molar-refractivity contribution in [3.05, 3.63) is 29.0 Å². The van der Waals surface area contributed by atoms with E-state index in [1.165, 1.54) is 5.57 Å². The summed E-state index contributed by atoms with van der Waals surface area (Å²) in [5, 5.41) is 11.7. The number of allylic oxidation sites excluding steroid dienone is 4. The van der Waals surface area contributed by atoms with Crippen molar-refractivity contribution in [2.45, 2.75) is 20.3 Å². The number of nitrogens with zero attached hydrogens (tertiary/aromatic N) is 1. The minimum atomic E-state index is -1.37. The third-order valence-corrected chi connectivity index (χ3v) is 27.4. The number of rotatable bonds is 6.